The van der Waals surface area contributed by atoms with E-state index in [9.17, 15) is 0 Å². The Kier molecular flexibility index (Phi) is 5.63. The van der Waals surface area contributed by atoms with Crippen LogP contribution in [0, 0.1) is 0 Å². The molecule has 2 heteroatoms. The topological polar surface area (TPSA) is 12.5 Å². The van der Waals surface area contributed by atoms with Crippen molar-refractivity contribution in [2.45, 2.75) is 26.2 Å². The fourth-order valence-corrected chi connectivity index (χ4v) is 2.30. The maximum atomic E-state index is 5.55. The van der Waals surface area contributed by atoms with E-state index in [4.69, 9.17) is 4.84 Å². The lowest BCUT2D eigenvalue weighted by Gasteiger charge is -2.27. The molecule has 1 aliphatic rings. The predicted octanol–water partition coefficient (Wildman–Crippen LogP) is 4.58. The van der Waals surface area contributed by atoms with Gasteiger partial charge in [0.1, 0.15) is 0 Å². The second-order valence-corrected chi connectivity index (χ2v) is 4.90. The number of hydrogen-bond donors (Lipinski definition) is 0. The SMILES string of the molecule is CCCCN(OC)C1=CC=CCC1=Cc1ccccc1. The quantitative estimate of drug-likeness (QED) is 0.701. The minimum Gasteiger partial charge on any atom is -0.277 e. The number of hydroxylamine groups is 2. The molecular formula is C18H23NO. The number of hydrogen-bond acceptors (Lipinski definition) is 2. The van der Waals surface area contributed by atoms with Crippen LogP contribution in [-0.2, 0) is 4.84 Å². The first kappa shape index (κ1) is 14.6. The summed E-state index contributed by atoms with van der Waals surface area (Å²) in [4.78, 5) is 5.55. The Morgan fingerprint density at radius 2 is 2.05 bits per heavy atom. The number of allylic oxidation sites excluding steroid dienone is 4. The molecule has 0 aliphatic heterocycles. The van der Waals surface area contributed by atoms with Crippen molar-refractivity contribution in [1.29, 1.82) is 0 Å². The van der Waals surface area contributed by atoms with Crippen LogP contribution in [0.1, 0.15) is 31.7 Å². The number of benzene rings is 1. The van der Waals surface area contributed by atoms with E-state index < -0.39 is 0 Å². The second kappa shape index (κ2) is 7.71. The van der Waals surface area contributed by atoms with E-state index in [0.29, 0.717) is 0 Å². The van der Waals surface area contributed by atoms with Gasteiger partial charge in [0.25, 0.3) is 0 Å². The van der Waals surface area contributed by atoms with Crippen molar-refractivity contribution in [2.24, 2.45) is 0 Å². The Bertz CT molecular complexity index is 499. The number of rotatable bonds is 6. The molecule has 0 spiro atoms. The molecule has 0 radical (unpaired) electrons. The molecule has 0 aromatic heterocycles. The molecule has 0 N–H and O–H groups in total. The molecule has 2 nitrogen and oxygen atoms in total. The average Bonchev–Trinajstić information content (AvgIpc) is 2.50. The Labute approximate surface area is 122 Å². The Balaban J connectivity index is 2.21. The summed E-state index contributed by atoms with van der Waals surface area (Å²) in [6.45, 7) is 3.13. The van der Waals surface area contributed by atoms with Gasteiger partial charge in [-0.25, -0.2) is 0 Å². The molecule has 0 heterocycles. The van der Waals surface area contributed by atoms with Crippen LogP contribution < -0.4 is 0 Å². The smallest absolute Gasteiger partial charge is 0.0671 e. The van der Waals surface area contributed by atoms with Crippen LogP contribution in [0.15, 0.2) is 59.8 Å². The molecule has 1 aromatic rings. The highest BCUT2D eigenvalue weighted by atomic mass is 16.7. The first-order valence-electron chi connectivity index (χ1n) is 7.29. The van der Waals surface area contributed by atoms with Crippen LogP contribution in [0.3, 0.4) is 0 Å². The standard InChI is InChI=1S/C18H23NO/c1-3-4-14-19(20-2)18-13-9-8-12-17(18)15-16-10-6-5-7-11-16/h5-11,13,15H,3-4,12,14H2,1-2H3. The fourth-order valence-electron chi connectivity index (χ4n) is 2.30. The van der Waals surface area contributed by atoms with E-state index >= 15 is 0 Å². The van der Waals surface area contributed by atoms with Crippen LogP contribution in [0.2, 0.25) is 0 Å². The van der Waals surface area contributed by atoms with Gasteiger partial charge < -0.3 is 0 Å². The summed E-state index contributed by atoms with van der Waals surface area (Å²) < 4.78 is 0. The summed E-state index contributed by atoms with van der Waals surface area (Å²) >= 11 is 0. The van der Waals surface area contributed by atoms with E-state index in [2.05, 4.69) is 55.5 Å². The molecule has 2 rings (SSSR count). The molecule has 1 aliphatic carbocycles. The lowest BCUT2D eigenvalue weighted by Crippen LogP contribution is -2.24. The molecule has 0 atom stereocenters. The van der Waals surface area contributed by atoms with Gasteiger partial charge in [0.05, 0.1) is 12.8 Å². The molecule has 0 saturated carbocycles. The van der Waals surface area contributed by atoms with E-state index in [-0.39, 0.29) is 0 Å². The molecule has 0 bridgehead atoms. The van der Waals surface area contributed by atoms with Crippen LogP contribution in [0.25, 0.3) is 6.08 Å². The van der Waals surface area contributed by atoms with Gasteiger partial charge in [-0.05, 0) is 36.1 Å². The van der Waals surface area contributed by atoms with Crippen LogP contribution in [0.4, 0.5) is 0 Å². The summed E-state index contributed by atoms with van der Waals surface area (Å²) in [6, 6.07) is 10.4. The monoisotopic (exact) mass is 269 g/mol. The average molecular weight is 269 g/mol. The molecule has 1 aromatic carbocycles. The summed E-state index contributed by atoms with van der Waals surface area (Å²) in [5.41, 5.74) is 3.71. The maximum absolute atomic E-state index is 5.55. The summed E-state index contributed by atoms with van der Waals surface area (Å²) in [5, 5.41) is 2.00. The van der Waals surface area contributed by atoms with Gasteiger partial charge in [-0.1, -0.05) is 55.8 Å². The predicted molar refractivity (Wildman–Crippen MR) is 84.9 cm³/mol. The molecular weight excluding hydrogens is 246 g/mol. The molecule has 0 unspecified atom stereocenters. The summed E-state index contributed by atoms with van der Waals surface area (Å²) in [7, 11) is 1.74. The Hall–Kier alpha value is -1.80. The molecule has 0 amide bonds. The van der Waals surface area contributed by atoms with Crippen molar-refractivity contribution in [2.75, 3.05) is 13.7 Å². The third-order valence-electron chi connectivity index (χ3n) is 3.40. The number of nitrogens with zero attached hydrogens (tertiary/aromatic N) is 1. The fraction of sp³-hybridized carbons (Fsp3) is 0.333. The number of unbranched alkanes of at least 4 members (excludes halogenated alkanes) is 1. The van der Waals surface area contributed by atoms with Gasteiger partial charge in [-0.3, -0.25) is 9.90 Å². The Morgan fingerprint density at radius 1 is 1.25 bits per heavy atom. The minimum absolute atomic E-state index is 0.929. The van der Waals surface area contributed by atoms with Crippen molar-refractivity contribution in [3.05, 3.63) is 65.4 Å². The van der Waals surface area contributed by atoms with Gasteiger partial charge in [0.2, 0.25) is 0 Å². The molecule has 0 saturated heterocycles. The molecule has 20 heavy (non-hydrogen) atoms. The lowest BCUT2D eigenvalue weighted by molar-refractivity contribution is -0.0983. The third-order valence-corrected chi connectivity index (χ3v) is 3.40. The Morgan fingerprint density at radius 3 is 2.75 bits per heavy atom. The van der Waals surface area contributed by atoms with Crippen molar-refractivity contribution in [3.8, 4) is 0 Å². The zero-order valence-electron chi connectivity index (χ0n) is 12.4. The van der Waals surface area contributed by atoms with Gasteiger partial charge in [0, 0.05) is 6.54 Å². The van der Waals surface area contributed by atoms with E-state index in [1.165, 1.54) is 23.3 Å². The van der Waals surface area contributed by atoms with Gasteiger partial charge >= 0.3 is 0 Å². The first-order chi connectivity index (χ1) is 9.85. The minimum atomic E-state index is 0.929. The highest BCUT2D eigenvalue weighted by Crippen LogP contribution is 2.26. The summed E-state index contributed by atoms with van der Waals surface area (Å²) in [6.07, 6.45) is 11.9. The zero-order chi connectivity index (χ0) is 14.2. The maximum Gasteiger partial charge on any atom is 0.0671 e. The van der Waals surface area contributed by atoms with E-state index in [1.54, 1.807) is 7.11 Å². The van der Waals surface area contributed by atoms with E-state index in [0.717, 1.165) is 19.4 Å². The van der Waals surface area contributed by atoms with Crippen LogP contribution >= 0.6 is 0 Å². The normalized spacial score (nSPS) is 16.3. The van der Waals surface area contributed by atoms with Gasteiger partial charge in [-0.2, -0.15) is 0 Å². The van der Waals surface area contributed by atoms with Crippen LogP contribution in [0.5, 0.6) is 0 Å². The van der Waals surface area contributed by atoms with Gasteiger partial charge in [0.15, 0.2) is 0 Å². The summed E-state index contributed by atoms with van der Waals surface area (Å²) in [5.74, 6) is 0. The highest BCUT2D eigenvalue weighted by Gasteiger charge is 2.14. The van der Waals surface area contributed by atoms with Crippen LogP contribution in [-0.4, -0.2) is 18.7 Å². The molecule has 106 valence electrons. The highest BCUT2D eigenvalue weighted by molar-refractivity contribution is 5.59. The first-order valence-corrected chi connectivity index (χ1v) is 7.29. The van der Waals surface area contributed by atoms with E-state index in [1.807, 2.05) is 11.1 Å². The lowest BCUT2D eigenvalue weighted by atomic mass is 10.0. The third kappa shape index (κ3) is 3.84. The van der Waals surface area contributed by atoms with Crippen molar-refractivity contribution >= 4 is 6.08 Å². The van der Waals surface area contributed by atoms with Crippen molar-refractivity contribution in [3.63, 3.8) is 0 Å². The van der Waals surface area contributed by atoms with Gasteiger partial charge in [-0.15, -0.1) is 0 Å². The zero-order valence-corrected chi connectivity index (χ0v) is 12.4. The molecule has 0 fully saturated rings. The van der Waals surface area contributed by atoms with Crippen molar-refractivity contribution in [1.82, 2.24) is 5.06 Å². The van der Waals surface area contributed by atoms with Crippen molar-refractivity contribution < 1.29 is 4.84 Å². The largest absolute Gasteiger partial charge is 0.277 e. The second-order valence-electron chi connectivity index (χ2n) is 4.90.